The smallest absolute Gasteiger partial charge is 0.0874 e. The number of rotatable bonds is 8. The van der Waals surface area contributed by atoms with E-state index >= 15 is 0 Å². The fraction of sp³-hybridized carbons (Fsp3) is 0.435. The van der Waals surface area contributed by atoms with Crippen LogP contribution in [-0.2, 0) is 44.3 Å². The van der Waals surface area contributed by atoms with E-state index in [1.807, 2.05) is 0 Å². The largest absolute Gasteiger partial charge is 0.238 e. The lowest BCUT2D eigenvalue weighted by atomic mass is 9.33. The van der Waals surface area contributed by atoms with Crippen molar-refractivity contribution >= 4 is 17.6 Å². The highest BCUT2D eigenvalue weighted by molar-refractivity contribution is 6.91. The number of hydrogen-bond donors (Lipinski definition) is 0. The Bertz CT molecular complexity index is 3280. The van der Waals surface area contributed by atoms with Crippen LogP contribution in [0.15, 0.2) is 187 Å². The quantitative estimate of drug-likeness (QED) is 0.105. The molecule has 460 valence electrons. The van der Waals surface area contributed by atoms with Crippen molar-refractivity contribution in [2.75, 3.05) is 0 Å². The number of hydrogen-bond acceptors (Lipinski definition) is 0. The van der Waals surface area contributed by atoms with Crippen molar-refractivity contribution in [3.8, 4) is 11.1 Å². The van der Waals surface area contributed by atoms with E-state index in [9.17, 15) is 0 Å². The Morgan fingerprint density at radius 2 is 0.686 bits per heavy atom. The van der Waals surface area contributed by atoms with Gasteiger partial charge in [-0.25, -0.2) is 0 Å². The summed E-state index contributed by atoms with van der Waals surface area (Å²) in [5.74, 6) is 0. The highest BCUT2D eigenvalue weighted by Crippen LogP contribution is 2.34. The van der Waals surface area contributed by atoms with Gasteiger partial charge in [0.1, 0.15) is 0 Å². The van der Waals surface area contributed by atoms with Crippen molar-refractivity contribution < 1.29 is 0 Å². The van der Waals surface area contributed by atoms with Gasteiger partial charge in [-0.2, -0.15) is 0 Å². The van der Waals surface area contributed by atoms with E-state index in [0.29, 0.717) is 0 Å². The molecule has 0 nitrogen and oxygen atoms in total. The zero-order valence-corrected chi connectivity index (χ0v) is 60.0. The Hall–Kier alpha value is -6.18. The van der Waals surface area contributed by atoms with Crippen LogP contribution in [0.2, 0.25) is 0 Å². The molecule has 0 aromatic heterocycles. The van der Waals surface area contributed by atoms with Crippen molar-refractivity contribution in [2.24, 2.45) is 0 Å². The van der Waals surface area contributed by atoms with Crippen LogP contribution in [0, 0.1) is 34.6 Å². The Kier molecular flexibility index (Phi) is 24.6. The first-order chi connectivity index (χ1) is 39.4. The maximum atomic E-state index is 2.50. The molecule has 86 heavy (non-hydrogen) atoms. The van der Waals surface area contributed by atoms with Gasteiger partial charge in [-0.3, -0.25) is 0 Å². The summed E-state index contributed by atoms with van der Waals surface area (Å²) in [6.07, 6.45) is 7.64. The fourth-order valence-corrected chi connectivity index (χ4v) is 10.7. The first-order valence-corrected chi connectivity index (χ1v) is 32.1. The molecule has 0 atom stereocenters. The lowest BCUT2D eigenvalue weighted by Gasteiger charge is -2.29. The molecule has 0 spiro atoms. The second kappa shape index (κ2) is 29.2. The van der Waals surface area contributed by atoms with Crippen LogP contribution < -0.4 is 10.9 Å². The summed E-state index contributed by atoms with van der Waals surface area (Å²) in [4.78, 5) is 0. The summed E-state index contributed by atoms with van der Waals surface area (Å²) >= 11 is 0. The van der Waals surface area contributed by atoms with Crippen molar-refractivity contribution in [1.82, 2.24) is 0 Å². The van der Waals surface area contributed by atoms with E-state index < -0.39 is 0 Å². The van der Waals surface area contributed by atoms with Gasteiger partial charge in [-0.15, -0.1) is 0 Å². The van der Waals surface area contributed by atoms with Gasteiger partial charge >= 0.3 is 0 Å². The predicted octanol–water partition coefficient (Wildman–Crippen LogP) is 23.3. The first-order valence-electron chi connectivity index (χ1n) is 32.1. The minimum absolute atomic E-state index is 0.0689. The van der Waals surface area contributed by atoms with E-state index in [1.165, 1.54) is 111 Å². The van der Waals surface area contributed by atoms with Crippen molar-refractivity contribution in [3.63, 3.8) is 0 Å². The summed E-state index contributed by atoms with van der Waals surface area (Å²) in [7, 11) is 0. The minimum atomic E-state index is 0.0689. The molecular formula is C85H117B. The molecule has 0 fully saturated rings. The maximum absolute atomic E-state index is 2.50. The second-order valence-corrected chi connectivity index (χ2v) is 32.1. The zero-order chi connectivity index (χ0) is 65.1. The number of allylic oxidation sites excluding steroid dienone is 6. The molecule has 0 N–H and O–H groups in total. The molecule has 1 heteroatoms. The predicted molar refractivity (Wildman–Crippen MR) is 389 cm³/mol. The fourth-order valence-electron chi connectivity index (χ4n) is 10.7. The highest BCUT2D eigenvalue weighted by atomic mass is 14.3. The molecule has 7 rings (SSSR count). The molecule has 0 amide bonds. The molecular weight excluding hydrogens is 1030 g/mol. The number of aryl methyl sites for hydroxylation is 5. The Morgan fingerprint density at radius 3 is 1.02 bits per heavy atom. The lowest BCUT2D eigenvalue weighted by Crippen LogP contribution is -2.48. The van der Waals surface area contributed by atoms with Gasteiger partial charge in [0.05, 0.1) is 0 Å². The van der Waals surface area contributed by atoms with Gasteiger partial charge in [-0.05, 0) is 161 Å². The van der Waals surface area contributed by atoms with Gasteiger partial charge in [0.15, 0.2) is 0 Å². The third-order valence-corrected chi connectivity index (χ3v) is 16.8. The van der Waals surface area contributed by atoms with Crippen LogP contribution in [0.25, 0.3) is 11.1 Å². The van der Waals surface area contributed by atoms with Crippen LogP contribution in [0.3, 0.4) is 0 Å². The average Bonchev–Trinajstić information content (AvgIpc) is 0.898. The SMILES string of the molecule is C/C=C/C(C)=C\C(C)=C(/Cc1ccc(C(C)(C)C)cc1)B(c1cc(C(C)(C)C)ccc1C)c1cc(C(C)(C)C)ccc1C.Cc1ccc(C(C)(C)C)cc1-c1ccc(C(C)(C)C)cc1.Cc1cccc(C(C)(C)C)c1.Cc1cccc(C(C)(C)C)c1. The van der Waals surface area contributed by atoms with E-state index in [0.717, 1.165) is 6.42 Å². The van der Waals surface area contributed by atoms with Gasteiger partial charge in [0, 0.05) is 0 Å². The maximum Gasteiger partial charge on any atom is 0.238 e. The molecule has 0 aliphatic carbocycles. The molecule has 0 bridgehead atoms. The molecule has 0 saturated carbocycles. The Morgan fingerprint density at radius 1 is 0.360 bits per heavy atom. The van der Waals surface area contributed by atoms with Crippen LogP contribution in [0.4, 0.5) is 0 Å². The monoisotopic (exact) mass is 1150 g/mol. The average molecular weight is 1150 g/mol. The first kappa shape index (κ1) is 72.3. The topological polar surface area (TPSA) is 0 Å². The molecule has 0 heterocycles. The molecule has 0 saturated heterocycles. The summed E-state index contributed by atoms with van der Waals surface area (Å²) < 4.78 is 0. The number of benzene rings is 7. The molecule has 7 aromatic rings. The van der Waals surface area contributed by atoms with Crippen LogP contribution in [0.1, 0.15) is 238 Å². The van der Waals surface area contributed by atoms with Gasteiger partial charge in [0.25, 0.3) is 0 Å². The van der Waals surface area contributed by atoms with Gasteiger partial charge in [0.2, 0.25) is 6.71 Å². The van der Waals surface area contributed by atoms with Crippen molar-refractivity contribution in [3.05, 3.63) is 259 Å². The van der Waals surface area contributed by atoms with Crippen molar-refractivity contribution in [1.29, 1.82) is 0 Å². The normalized spacial score (nSPS) is 13.0. The molecule has 0 aliphatic rings. The van der Waals surface area contributed by atoms with Gasteiger partial charge < -0.3 is 0 Å². The van der Waals surface area contributed by atoms with E-state index in [4.69, 9.17) is 0 Å². The second-order valence-electron chi connectivity index (χ2n) is 32.1. The summed E-state index contributed by atoms with van der Waals surface area (Å²) in [6.45, 7) is 65.6. The van der Waals surface area contributed by atoms with Crippen LogP contribution >= 0.6 is 0 Å². The van der Waals surface area contributed by atoms with Crippen molar-refractivity contribution in [2.45, 2.75) is 245 Å². The van der Waals surface area contributed by atoms with Gasteiger partial charge in [-0.1, -0.05) is 365 Å². The minimum Gasteiger partial charge on any atom is -0.0874 e. The third kappa shape index (κ3) is 21.6. The Labute approximate surface area is 529 Å². The zero-order valence-electron chi connectivity index (χ0n) is 60.0. The van der Waals surface area contributed by atoms with Crippen LogP contribution in [0.5, 0.6) is 0 Å². The van der Waals surface area contributed by atoms with E-state index in [-0.39, 0.29) is 44.6 Å². The van der Waals surface area contributed by atoms with Crippen LogP contribution in [-0.4, -0.2) is 6.71 Å². The van der Waals surface area contributed by atoms with E-state index in [1.54, 1.807) is 0 Å². The lowest BCUT2D eigenvalue weighted by molar-refractivity contribution is 0.589. The molecule has 0 unspecified atom stereocenters. The third-order valence-electron chi connectivity index (χ3n) is 16.8. The standard InChI is InChI=1S/C42H57B.C21H28.2C11H16/c1-15-16-29(2)25-32(5)37(26-33-19-23-34(24-20-33)40(6,7)8)43(38-27-35(41(9,10)11)21-17-30(38)3)39-28-36(42(12,13)14)22-18-31(39)4;1-15-8-11-18(21(5,6)7)14-19(15)16-9-12-17(13-10-16)20(2,3)4;2*1-9-6-5-7-10(8-9)11(2,3)4/h15-25,27-28H,26H2,1-14H3;8-14H,1-7H3;2*5-8H,1-4H3/b16-15+,29-25-,37-32+;;;. The molecule has 0 aliphatic heterocycles. The Balaban J connectivity index is 0.000000299. The van der Waals surface area contributed by atoms with E-state index in [2.05, 4.69) is 371 Å². The summed E-state index contributed by atoms with van der Waals surface area (Å²) in [5, 5.41) is 0. The summed E-state index contributed by atoms with van der Waals surface area (Å²) in [6, 6.07) is 57.0. The highest BCUT2D eigenvalue weighted by Gasteiger charge is 2.31. The molecule has 0 radical (unpaired) electrons. The summed E-state index contributed by atoms with van der Waals surface area (Å²) in [5.41, 5.74) is 28.7. The molecule has 7 aromatic carbocycles.